The maximum absolute atomic E-state index is 5.72. The molecule has 6 aliphatic rings. The molecule has 4 nitrogen and oxygen atoms in total. The smallest absolute Gasteiger partial charge is 0.0737 e. The normalized spacial score (nSPS) is 13.7. The summed E-state index contributed by atoms with van der Waals surface area (Å²) in [5.74, 6) is 0. The molecule has 0 saturated carbocycles. The Balaban J connectivity index is 1.35. The Morgan fingerprint density at radius 2 is 0.526 bits per heavy atom. The molecule has 4 aliphatic carbocycles. The number of fused-ring (bicyclic) bond motifs is 22. The molecule has 396 valence electrons. The van der Waals surface area contributed by atoms with Gasteiger partial charge in [0.15, 0.2) is 0 Å². The van der Waals surface area contributed by atoms with E-state index in [2.05, 4.69) is 280 Å². The Kier molecular flexibility index (Phi) is 12.3. The zero-order chi connectivity index (χ0) is 55.8. The van der Waals surface area contributed by atoms with Gasteiger partial charge in [-0.15, -0.1) is 0 Å². The minimum atomic E-state index is -0.0793. The van der Waals surface area contributed by atoms with E-state index in [0.717, 1.165) is 88.6 Å². The van der Waals surface area contributed by atoms with Crippen molar-refractivity contribution in [3.8, 4) is 44.5 Å². The lowest BCUT2D eigenvalue weighted by molar-refractivity contribution is 0.568. The molecule has 0 saturated heterocycles. The van der Waals surface area contributed by atoms with E-state index in [1.807, 2.05) is 0 Å². The Bertz CT molecular complexity index is 3790. The molecule has 0 fully saturated rings. The van der Waals surface area contributed by atoms with Gasteiger partial charge in [0.1, 0.15) is 0 Å². The van der Waals surface area contributed by atoms with Gasteiger partial charge in [0.2, 0.25) is 0 Å². The molecule has 2 aliphatic heterocycles. The molecule has 4 heteroatoms. The summed E-state index contributed by atoms with van der Waals surface area (Å²) < 4.78 is 0. The predicted octanol–water partition coefficient (Wildman–Crippen LogP) is 20.9. The average molecular weight is 1030 g/mol. The van der Waals surface area contributed by atoms with Crippen LogP contribution in [0.3, 0.4) is 0 Å². The molecule has 78 heavy (non-hydrogen) atoms. The van der Waals surface area contributed by atoms with Gasteiger partial charge in [-0.05, 0) is 160 Å². The van der Waals surface area contributed by atoms with Gasteiger partial charge < -0.3 is 9.97 Å². The number of H-pyrrole nitrogens is 2. The Morgan fingerprint density at radius 3 is 0.821 bits per heavy atom. The summed E-state index contributed by atoms with van der Waals surface area (Å²) in [5, 5.41) is 4.49. The van der Waals surface area contributed by atoms with E-state index >= 15 is 0 Å². The number of nitrogens with one attached hydrogen (secondary N) is 2. The Labute approximate surface area is 464 Å². The topological polar surface area (TPSA) is 57.4 Å². The fourth-order valence-electron chi connectivity index (χ4n) is 11.4. The van der Waals surface area contributed by atoms with Crippen LogP contribution < -0.4 is 0 Å². The summed E-state index contributed by atoms with van der Waals surface area (Å²) in [6.45, 7) is 41.6. The van der Waals surface area contributed by atoms with Gasteiger partial charge in [-0.25, -0.2) is 9.97 Å². The first-order valence-electron chi connectivity index (χ1n) is 28.3. The third kappa shape index (κ3) is 9.64. The molecular formula is C74H80N4. The summed E-state index contributed by atoms with van der Waals surface area (Å²) in [7, 11) is 0. The predicted molar refractivity (Wildman–Crippen MR) is 339 cm³/mol. The molecule has 2 N–H and O–H groups in total. The summed E-state index contributed by atoms with van der Waals surface area (Å²) in [5.41, 5.74) is 24.4. The number of nitrogens with zero attached hydrogens (tertiary/aromatic N) is 2. The molecule has 5 heterocycles. The Morgan fingerprint density at radius 1 is 0.256 bits per heavy atom. The van der Waals surface area contributed by atoms with Crippen LogP contribution in [0, 0.1) is 0 Å². The number of hydrogen-bond acceptors (Lipinski definition) is 2. The molecule has 0 amide bonds. The number of hydrogen-bond donors (Lipinski definition) is 2. The van der Waals surface area contributed by atoms with Gasteiger partial charge in [-0.2, -0.15) is 0 Å². The highest BCUT2D eigenvalue weighted by Crippen LogP contribution is 2.45. The first-order chi connectivity index (χ1) is 36.4. The van der Waals surface area contributed by atoms with Crippen LogP contribution in [0.2, 0.25) is 0 Å². The van der Waals surface area contributed by atoms with Crippen LogP contribution >= 0.6 is 0 Å². The quantitative estimate of drug-likeness (QED) is 0.181. The maximum atomic E-state index is 5.72. The maximum Gasteiger partial charge on any atom is 0.0737 e. The molecule has 5 aromatic rings. The summed E-state index contributed by atoms with van der Waals surface area (Å²) in [4.78, 5) is 19.6. The largest absolute Gasteiger partial charge is 0.354 e. The third-order valence-corrected chi connectivity index (χ3v) is 16.5. The second kappa shape index (κ2) is 18.1. The number of benzene rings is 2. The van der Waals surface area contributed by atoms with Crippen molar-refractivity contribution in [3.05, 3.63) is 177 Å². The molecule has 0 unspecified atom stereocenters. The van der Waals surface area contributed by atoms with E-state index in [1.54, 1.807) is 0 Å². The lowest BCUT2D eigenvalue weighted by Crippen LogP contribution is -2.16. The van der Waals surface area contributed by atoms with Gasteiger partial charge in [0.25, 0.3) is 0 Å². The van der Waals surface area contributed by atoms with Crippen LogP contribution in [0.1, 0.15) is 181 Å². The van der Waals surface area contributed by atoms with Crippen LogP contribution in [0.5, 0.6) is 0 Å². The lowest BCUT2D eigenvalue weighted by Gasteiger charge is -2.26. The number of aromatic amines is 2. The van der Waals surface area contributed by atoms with Crippen molar-refractivity contribution in [1.29, 1.82) is 0 Å². The molecule has 0 atom stereocenters. The van der Waals surface area contributed by atoms with E-state index < -0.39 is 0 Å². The second-order valence-electron chi connectivity index (χ2n) is 28.7. The molecule has 0 spiro atoms. The minimum absolute atomic E-state index is 0.0398. The van der Waals surface area contributed by atoms with Gasteiger partial charge in [0, 0.05) is 54.7 Å². The van der Waals surface area contributed by atoms with Gasteiger partial charge >= 0.3 is 0 Å². The van der Waals surface area contributed by atoms with Crippen LogP contribution in [-0.4, -0.2) is 19.9 Å². The zero-order valence-corrected chi connectivity index (χ0v) is 49.8. The molecule has 12 bridgehead atoms. The fourth-order valence-corrected chi connectivity index (χ4v) is 11.4. The highest BCUT2D eigenvalue weighted by atomic mass is 14.8. The zero-order valence-electron chi connectivity index (χ0n) is 49.8. The highest BCUT2D eigenvalue weighted by molar-refractivity contribution is 6.11. The monoisotopic (exact) mass is 1020 g/mol. The van der Waals surface area contributed by atoms with Gasteiger partial charge in [0.05, 0.1) is 22.8 Å². The summed E-state index contributed by atoms with van der Waals surface area (Å²) in [6, 6.07) is 46.8. The van der Waals surface area contributed by atoms with Crippen molar-refractivity contribution in [2.75, 3.05) is 0 Å². The standard InChI is InChI=1S/C74H80N4/c1-69(2,3)45-19-23-51-52(24-20-45)56-41-55(51)59-27-31-63(75-59)67(43-35-47(71(7,8)9)39-48(36-43)72(10,11)12)65-33-29-61(77-65)57-42-58(54-26-22-46(70(4,5)6)21-25-53(54)57)62-30-34-66(78-62)68(64-32-28-60(56)76-64)44-37-49(73(13,14)15)40-50(38-44)74(16,17)18/h19-42,75,78H,1-18H3. The van der Waals surface area contributed by atoms with Crippen molar-refractivity contribution in [3.63, 3.8) is 0 Å². The second-order valence-corrected chi connectivity index (χ2v) is 28.7. The van der Waals surface area contributed by atoms with Crippen molar-refractivity contribution >= 4 is 67.9 Å². The van der Waals surface area contributed by atoms with Crippen molar-refractivity contribution in [2.24, 2.45) is 0 Å². The van der Waals surface area contributed by atoms with E-state index in [1.165, 1.54) is 55.6 Å². The molecule has 3 aromatic heterocycles. The lowest BCUT2D eigenvalue weighted by atomic mass is 9.78. The highest BCUT2D eigenvalue weighted by Gasteiger charge is 2.27. The average Bonchev–Trinajstić information content (AvgIpc) is 4.25. The number of rotatable bonds is 2. The third-order valence-electron chi connectivity index (χ3n) is 16.5. The first-order valence-corrected chi connectivity index (χ1v) is 28.3. The van der Waals surface area contributed by atoms with Crippen LogP contribution in [0.15, 0.2) is 121 Å². The van der Waals surface area contributed by atoms with E-state index in [-0.39, 0.29) is 32.5 Å². The molecular weight excluding hydrogens is 945 g/mol. The van der Waals surface area contributed by atoms with Crippen LogP contribution in [-0.2, 0) is 32.5 Å². The van der Waals surface area contributed by atoms with Crippen LogP contribution in [0.25, 0.3) is 112 Å². The van der Waals surface area contributed by atoms with Gasteiger partial charge in [-0.3, -0.25) is 0 Å². The minimum Gasteiger partial charge on any atom is -0.354 e. The van der Waals surface area contributed by atoms with E-state index in [9.17, 15) is 0 Å². The first kappa shape index (κ1) is 52.7. The van der Waals surface area contributed by atoms with Crippen molar-refractivity contribution in [2.45, 2.75) is 157 Å². The summed E-state index contributed by atoms with van der Waals surface area (Å²) >= 11 is 0. The summed E-state index contributed by atoms with van der Waals surface area (Å²) in [6.07, 6.45) is 8.95. The SMILES string of the molecule is CC(C)(C)c1ccc2c3cc(c-2cc1)c1ccc([nH]1)c(-c1cc(C(C)(C)C)cc(C(C)(C)C)c1)c1nc(c2cc(c4ccc(C(C)(C)C)ccc2-4)c2ccc([nH]2)c(-c2cc(C(C)(C)C)cc(C(C)(C)C)c2)c2nc3C=C2)C=C1. The molecule has 0 radical (unpaired) electrons. The van der Waals surface area contributed by atoms with Crippen LogP contribution in [0.4, 0.5) is 0 Å². The Hall–Kier alpha value is -7.30. The number of aromatic nitrogens is 4. The van der Waals surface area contributed by atoms with E-state index in [0.29, 0.717) is 0 Å². The van der Waals surface area contributed by atoms with Gasteiger partial charge in [-0.1, -0.05) is 210 Å². The van der Waals surface area contributed by atoms with Crippen molar-refractivity contribution < 1.29 is 0 Å². The van der Waals surface area contributed by atoms with E-state index in [4.69, 9.17) is 9.97 Å². The molecule has 11 rings (SSSR count). The fraction of sp³-hybridized carbons (Fsp3) is 0.324. The van der Waals surface area contributed by atoms with Crippen molar-refractivity contribution in [1.82, 2.24) is 19.9 Å². The molecule has 2 aromatic carbocycles.